The lowest BCUT2D eigenvalue weighted by Gasteiger charge is -2.17. The minimum absolute atomic E-state index is 0.0262. The van der Waals surface area contributed by atoms with E-state index in [0.717, 1.165) is 6.42 Å². The van der Waals surface area contributed by atoms with E-state index >= 15 is 0 Å². The molecule has 144 valence electrons. The first-order valence-corrected chi connectivity index (χ1v) is 8.72. The van der Waals surface area contributed by atoms with Crippen LogP contribution in [0.5, 0.6) is 5.88 Å². The van der Waals surface area contributed by atoms with Gasteiger partial charge in [-0.05, 0) is 25.0 Å². The Bertz CT molecular complexity index is 969. The average molecular weight is 381 g/mol. The number of ether oxygens (including phenoxy) is 1. The summed E-state index contributed by atoms with van der Waals surface area (Å²) in [4.78, 5) is 31.2. The van der Waals surface area contributed by atoms with Crippen LogP contribution in [0, 0.1) is 11.3 Å². The second-order valence-corrected chi connectivity index (χ2v) is 6.56. The van der Waals surface area contributed by atoms with Gasteiger partial charge in [0.25, 0.3) is 0 Å². The molecule has 3 rings (SSSR count). The Labute approximate surface area is 161 Å². The lowest BCUT2D eigenvalue weighted by atomic mass is 10.1. The number of carboxylic acids is 1. The van der Waals surface area contributed by atoms with Crippen LogP contribution in [0.2, 0.25) is 0 Å². The van der Waals surface area contributed by atoms with E-state index in [0.29, 0.717) is 24.0 Å². The molecule has 0 spiro atoms. The lowest BCUT2D eigenvalue weighted by molar-refractivity contribution is -0.119. The normalized spacial score (nSPS) is 18.3. The van der Waals surface area contributed by atoms with Gasteiger partial charge in [0, 0.05) is 24.9 Å². The molecule has 1 saturated carbocycles. The molecule has 1 aliphatic rings. The van der Waals surface area contributed by atoms with Crippen molar-refractivity contribution < 1.29 is 19.4 Å². The molecule has 9 nitrogen and oxygen atoms in total. The molecule has 0 unspecified atom stereocenters. The number of nitrogens with zero attached hydrogens (tertiary/aromatic N) is 3. The maximum Gasteiger partial charge on any atom is 0.345 e. The topological polar surface area (TPSA) is 151 Å². The van der Waals surface area contributed by atoms with Gasteiger partial charge in [-0.3, -0.25) is 4.79 Å². The third-order valence-electron chi connectivity index (χ3n) is 4.44. The van der Waals surface area contributed by atoms with Crippen molar-refractivity contribution in [3.05, 3.63) is 35.4 Å². The number of carboxylic acid groups (broad SMARTS) is 1. The largest absolute Gasteiger partial charge is 0.477 e. The highest BCUT2D eigenvalue weighted by molar-refractivity contribution is 5.95. The van der Waals surface area contributed by atoms with Crippen LogP contribution in [0.25, 0.3) is 11.4 Å². The molecule has 0 radical (unpaired) electrons. The number of nitrogens with one attached hydrogen (secondary N) is 1. The molecule has 28 heavy (non-hydrogen) atoms. The number of amides is 1. The van der Waals surface area contributed by atoms with Crippen LogP contribution in [0.4, 0.5) is 5.82 Å². The zero-order valence-corrected chi connectivity index (χ0v) is 15.2. The minimum atomic E-state index is -1.29. The van der Waals surface area contributed by atoms with Crippen LogP contribution < -0.4 is 15.8 Å². The number of hydrogen-bond acceptors (Lipinski definition) is 7. The molecule has 1 aromatic heterocycles. The summed E-state index contributed by atoms with van der Waals surface area (Å²) in [5, 5.41) is 21.4. The van der Waals surface area contributed by atoms with E-state index in [-0.39, 0.29) is 41.1 Å². The van der Waals surface area contributed by atoms with E-state index in [1.54, 1.807) is 24.3 Å². The number of aromatic carboxylic acids is 1. The maximum atomic E-state index is 11.6. The van der Waals surface area contributed by atoms with E-state index in [1.807, 2.05) is 6.07 Å². The van der Waals surface area contributed by atoms with Crippen molar-refractivity contribution in [3.63, 3.8) is 0 Å². The van der Waals surface area contributed by atoms with Crippen LogP contribution in [0.15, 0.2) is 24.3 Å². The summed E-state index contributed by atoms with van der Waals surface area (Å²) < 4.78 is 5.85. The Balaban J connectivity index is 1.92. The van der Waals surface area contributed by atoms with Gasteiger partial charge < -0.3 is 20.9 Å². The number of nitrogens with two attached hydrogens (primary N) is 1. The van der Waals surface area contributed by atoms with Gasteiger partial charge in [-0.1, -0.05) is 12.1 Å². The summed E-state index contributed by atoms with van der Waals surface area (Å²) in [7, 11) is 0. The zero-order chi connectivity index (χ0) is 20.3. The molecule has 1 heterocycles. The molecule has 2 atom stereocenters. The SMILES string of the molecule is CC(=O)N[C@H]1CC[C@@H](Oc2nc(-c3cccc(C#N)c3)nc(N)c2C(=O)O)C1. The average Bonchev–Trinajstić information content (AvgIpc) is 3.07. The minimum Gasteiger partial charge on any atom is -0.477 e. The first kappa shape index (κ1) is 19.1. The summed E-state index contributed by atoms with van der Waals surface area (Å²) in [6, 6.07) is 8.59. The van der Waals surface area contributed by atoms with Crippen molar-refractivity contribution >= 4 is 17.7 Å². The lowest BCUT2D eigenvalue weighted by Crippen LogP contribution is -2.31. The van der Waals surface area contributed by atoms with Gasteiger partial charge in [-0.2, -0.15) is 10.2 Å². The smallest absolute Gasteiger partial charge is 0.345 e. The van der Waals surface area contributed by atoms with Crippen molar-refractivity contribution in [1.82, 2.24) is 15.3 Å². The summed E-state index contributed by atoms with van der Waals surface area (Å²) in [5.74, 6) is -1.58. The highest BCUT2D eigenvalue weighted by atomic mass is 16.5. The fraction of sp³-hybridized carbons (Fsp3) is 0.316. The number of rotatable bonds is 5. The molecule has 4 N–H and O–H groups in total. The second kappa shape index (κ2) is 7.92. The van der Waals surface area contributed by atoms with Crippen LogP contribution in [-0.2, 0) is 4.79 Å². The number of hydrogen-bond donors (Lipinski definition) is 3. The number of carbonyl (C=O) groups is 2. The highest BCUT2D eigenvalue weighted by Gasteiger charge is 2.30. The molecule has 1 aliphatic carbocycles. The maximum absolute atomic E-state index is 11.6. The predicted molar refractivity (Wildman–Crippen MR) is 99.4 cm³/mol. The first-order valence-electron chi connectivity index (χ1n) is 8.72. The summed E-state index contributed by atoms with van der Waals surface area (Å²) in [6.07, 6.45) is 1.61. The van der Waals surface area contributed by atoms with Gasteiger partial charge in [0.15, 0.2) is 11.4 Å². The molecule has 0 aliphatic heterocycles. The molecule has 0 saturated heterocycles. The number of nitriles is 1. The fourth-order valence-electron chi connectivity index (χ4n) is 3.22. The Morgan fingerprint density at radius 2 is 2.14 bits per heavy atom. The van der Waals surface area contributed by atoms with Crippen molar-refractivity contribution in [2.24, 2.45) is 0 Å². The predicted octanol–water partition coefficient (Wildman–Crippen LogP) is 1.73. The summed E-state index contributed by atoms with van der Waals surface area (Å²) in [5.41, 5.74) is 6.50. The number of nitrogen functional groups attached to an aromatic ring is 1. The van der Waals surface area contributed by atoms with Gasteiger partial charge in [0.2, 0.25) is 11.8 Å². The Morgan fingerprint density at radius 1 is 1.36 bits per heavy atom. The van der Waals surface area contributed by atoms with Crippen molar-refractivity contribution in [2.75, 3.05) is 5.73 Å². The van der Waals surface area contributed by atoms with Crippen LogP contribution in [0.1, 0.15) is 42.1 Å². The van der Waals surface area contributed by atoms with E-state index in [4.69, 9.17) is 15.7 Å². The standard InChI is InChI=1S/C19H19N5O4/c1-10(25)22-13-5-6-14(8-13)28-18-15(19(26)27)16(21)23-17(24-18)12-4-2-3-11(7-12)9-20/h2-4,7,13-14H,5-6,8H2,1H3,(H,22,25)(H,26,27)(H2,21,23,24)/t13-,14+/m0/s1. The van der Waals surface area contributed by atoms with E-state index in [1.165, 1.54) is 6.92 Å². The monoisotopic (exact) mass is 381 g/mol. The zero-order valence-electron chi connectivity index (χ0n) is 15.2. The van der Waals surface area contributed by atoms with Gasteiger partial charge >= 0.3 is 5.97 Å². The summed E-state index contributed by atoms with van der Waals surface area (Å²) in [6.45, 7) is 1.45. The number of carbonyl (C=O) groups excluding carboxylic acids is 1. The molecule has 0 bridgehead atoms. The molecule has 1 aromatic carbocycles. The Morgan fingerprint density at radius 3 is 2.82 bits per heavy atom. The molecule has 1 fully saturated rings. The number of anilines is 1. The quantitative estimate of drug-likeness (QED) is 0.708. The van der Waals surface area contributed by atoms with Crippen LogP contribution in [-0.4, -0.2) is 39.1 Å². The Hall–Kier alpha value is -3.67. The van der Waals surface area contributed by atoms with E-state index in [9.17, 15) is 14.7 Å². The number of benzene rings is 1. The van der Waals surface area contributed by atoms with Gasteiger partial charge in [-0.15, -0.1) is 0 Å². The third kappa shape index (κ3) is 4.17. The molecular weight excluding hydrogens is 362 g/mol. The van der Waals surface area contributed by atoms with Crippen LogP contribution >= 0.6 is 0 Å². The third-order valence-corrected chi connectivity index (χ3v) is 4.44. The molecular formula is C19H19N5O4. The molecule has 9 heteroatoms. The van der Waals surface area contributed by atoms with Crippen LogP contribution in [0.3, 0.4) is 0 Å². The van der Waals surface area contributed by atoms with E-state index in [2.05, 4.69) is 15.3 Å². The summed E-state index contributed by atoms with van der Waals surface area (Å²) >= 11 is 0. The first-order chi connectivity index (χ1) is 13.4. The van der Waals surface area contributed by atoms with Crippen molar-refractivity contribution in [1.29, 1.82) is 5.26 Å². The Kier molecular flexibility index (Phi) is 5.40. The molecule has 1 amide bonds. The number of aromatic nitrogens is 2. The van der Waals surface area contributed by atoms with Gasteiger partial charge in [-0.25, -0.2) is 9.78 Å². The second-order valence-electron chi connectivity index (χ2n) is 6.56. The van der Waals surface area contributed by atoms with Gasteiger partial charge in [0.1, 0.15) is 11.9 Å². The van der Waals surface area contributed by atoms with Crippen molar-refractivity contribution in [2.45, 2.75) is 38.3 Å². The molecule has 2 aromatic rings. The highest BCUT2D eigenvalue weighted by Crippen LogP contribution is 2.30. The fourth-order valence-corrected chi connectivity index (χ4v) is 3.22. The van der Waals surface area contributed by atoms with Crippen molar-refractivity contribution in [3.8, 4) is 23.3 Å². The van der Waals surface area contributed by atoms with Gasteiger partial charge in [0.05, 0.1) is 11.6 Å². The van der Waals surface area contributed by atoms with E-state index < -0.39 is 5.97 Å².